The molecule has 4 rings (SSSR count). The van der Waals surface area contributed by atoms with Crippen molar-refractivity contribution in [2.75, 3.05) is 0 Å². The van der Waals surface area contributed by atoms with Gasteiger partial charge in [-0.3, -0.25) is 12.2 Å². The van der Waals surface area contributed by atoms with Crippen LogP contribution in [0.4, 0.5) is 0 Å². The van der Waals surface area contributed by atoms with Crippen LogP contribution in [0.2, 0.25) is 0 Å². The molecule has 0 radical (unpaired) electrons. The van der Waals surface area contributed by atoms with E-state index in [4.69, 9.17) is 0 Å². The Balaban J connectivity index is 0.000000432. The summed E-state index contributed by atoms with van der Waals surface area (Å²) in [4.78, 5) is 0. The molecule has 0 saturated carbocycles. The van der Waals surface area contributed by atoms with Crippen molar-refractivity contribution in [3.05, 3.63) is 109 Å². The minimum atomic E-state index is -0.406. The van der Waals surface area contributed by atoms with Crippen LogP contribution in [-0.4, -0.2) is 5.49 Å². The summed E-state index contributed by atoms with van der Waals surface area (Å²) in [5.41, 5.74) is -0.406. The van der Waals surface area contributed by atoms with Crippen LogP contribution >= 0.6 is 34.0 Å². The Labute approximate surface area is 193 Å². The van der Waals surface area contributed by atoms with Crippen molar-refractivity contribution >= 4 is 49.8 Å². The summed E-state index contributed by atoms with van der Waals surface area (Å²) in [6.45, 7) is 0. The summed E-state index contributed by atoms with van der Waals surface area (Å²) in [5, 5.41) is 3.07. The summed E-state index contributed by atoms with van der Waals surface area (Å²) in [7, 11) is 0. The number of benzene rings is 2. The molecule has 0 nitrogen and oxygen atoms in total. The van der Waals surface area contributed by atoms with Gasteiger partial charge in [0.25, 0.3) is 0 Å². The van der Waals surface area contributed by atoms with Crippen molar-refractivity contribution in [2.45, 2.75) is 12.8 Å². The van der Waals surface area contributed by atoms with E-state index in [-0.39, 0.29) is 34.0 Å². The van der Waals surface area contributed by atoms with E-state index >= 15 is 0 Å². The monoisotopic (exact) mass is 652 g/mol. The standard InChI is InChI=1S/C12H10Si.2C5H5.2BrH.Hf/c1-3-7-11(8-4-1)13-12-9-5-2-6-10-12;2*1-2-4-5-3-1;;;/h1-10H;2*1-3H,4H2;2*1H;/q;2*-1;;;+2. The number of allylic oxidation sites excluding steroid dienone is 8. The van der Waals surface area contributed by atoms with Gasteiger partial charge in [0.1, 0.15) is 0 Å². The number of rotatable bonds is 2. The molecule has 0 aliphatic heterocycles. The summed E-state index contributed by atoms with van der Waals surface area (Å²) in [6.07, 6.45) is 20.0. The van der Waals surface area contributed by atoms with Crippen molar-refractivity contribution in [1.29, 1.82) is 0 Å². The topological polar surface area (TPSA) is 0 Å². The third kappa shape index (κ3) is 10.6. The molecule has 2 aromatic carbocycles. The zero-order chi connectivity index (χ0) is 16.9. The van der Waals surface area contributed by atoms with Crippen molar-refractivity contribution in [2.24, 2.45) is 0 Å². The first-order valence-electron chi connectivity index (χ1n) is 8.01. The molecule has 132 valence electrons. The molecule has 0 bridgehead atoms. The van der Waals surface area contributed by atoms with E-state index in [1.807, 2.05) is 24.3 Å². The van der Waals surface area contributed by atoms with Gasteiger partial charge in [0.2, 0.25) is 0 Å². The number of hydrogen-bond acceptors (Lipinski definition) is 0. The van der Waals surface area contributed by atoms with Crippen LogP contribution in [0.25, 0.3) is 0 Å². The first-order chi connectivity index (χ1) is 11.9. The molecule has 0 unspecified atom stereocenters. The Morgan fingerprint density at radius 3 is 1.27 bits per heavy atom. The maximum absolute atomic E-state index is 2.99. The SMILES string of the molecule is Br.Br.[C-]1=CC=CC1.[C-]1=CC=CC1.[Hf+2]=[Si](c1ccccc1)c1ccccc1. The fraction of sp³-hybridized carbons (Fsp3) is 0.0909. The number of hydrogen-bond donors (Lipinski definition) is 0. The van der Waals surface area contributed by atoms with E-state index in [0.717, 1.165) is 12.8 Å². The van der Waals surface area contributed by atoms with Crippen molar-refractivity contribution in [1.82, 2.24) is 0 Å². The predicted molar refractivity (Wildman–Crippen MR) is 122 cm³/mol. The molecule has 2 aromatic rings. The first-order valence-corrected chi connectivity index (χ1v) is 14.9. The molecule has 0 spiro atoms. The molecule has 0 amide bonds. The van der Waals surface area contributed by atoms with Crippen LogP contribution in [-0.2, 0) is 23.0 Å². The van der Waals surface area contributed by atoms with Gasteiger partial charge in [0, 0.05) is 0 Å². The van der Waals surface area contributed by atoms with Gasteiger partial charge in [-0.1, -0.05) is 0 Å². The Morgan fingerprint density at radius 2 is 1.04 bits per heavy atom. The Bertz CT molecular complexity index is 652. The van der Waals surface area contributed by atoms with Gasteiger partial charge in [0.15, 0.2) is 0 Å². The van der Waals surface area contributed by atoms with Gasteiger partial charge in [-0.2, -0.15) is 12.2 Å². The van der Waals surface area contributed by atoms with Gasteiger partial charge < -0.3 is 0 Å². The van der Waals surface area contributed by atoms with E-state index in [1.165, 1.54) is 33.4 Å². The molecule has 0 heterocycles. The molecule has 0 N–H and O–H groups in total. The second-order valence-electron chi connectivity index (χ2n) is 5.11. The minimum absolute atomic E-state index is 0. The van der Waals surface area contributed by atoms with E-state index < -0.39 is 5.49 Å². The third-order valence-corrected chi connectivity index (χ3v) is 11.3. The molecule has 0 saturated heterocycles. The molecule has 26 heavy (non-hydrogen) atoms. The summed E-state index contributed by atoms with van der Waals surface area (Å²) in [6, 6.07) is 21.8. The van der Waals surface area contributed by atoms with Crippen LogP contribution in [0.1, 0.15) is 12.8 Å². The van der Waals surface area contributed by atoms with Gasteiger partial charge in [0.05, 0.1) is 0 Å². The average Bonchev–Trinajstić information content (AvgIpc) is 3.41. The molecular weight excluding hydrogens is 631 g/mol. The van der Waals surface area contributed by atoms with Crippen LogP contribution in [0, 0.1) is 12.2 Å². The third-order valence-electron chi connectivity index (χ3n) is 3.30. The van der Waals surface area contributed by atoms with Gasteiger partial charge in [-0.25, -0.2) is 24.3 Å². The normalized spacial score (nSPS) is 12.1. The van der Waals surface area contributed by atoms with Gasteiger partial charge >= 0.3 is 99.5 Å². The quantitative estimate of drug-likeness (QED) is 0.313. The van der Waals surface area contributed by atoms with Gasteiger partial charge in [-0.05, 0) is 0 Å². The van der Waals surface area contributed by atoms with E-state index in [2.05, 4.69) is 85.0 Å². The fourth-order valence-electron chi connectivity index (χ4n) is 2.06. The molecule has 0 fully saturated rings. The first kappa shape index (κ1) is 25.4. The average molecular weight is 653 g/mol. The summed E-state index contributed by atoms with van der Waals surface area (Å²) in [5.74, 6) is 0. The molecule has 0 atom stereocenters. The van der Waals surface area contributed by atoms with E-state index in [9.17, 15) is 0 Å². The van der Waals surface area contributed by atoms with Crippen LogP contribution in [0.15, 0.2) is 97.1 Å². The molecule has 2 aliphatic rings. The predicted octanol–water partition coefficient (Wildman–Crippen LogP) is 5.11. The Morgan fingerprint density at radius 1 is 0.654 bits per heavy atom. The van der Waals surface area contributed by atoms with E-state index in [0.29, 0.717) is 0 Å². The van der Waals surface area contributed by atoms with Crippen molar-refractivity contribution < 1.29 is 23.0 Å². The maximum atomic E-state index is 2.99. The van der Waals surface area contributed by atoms with E-state index in [1.54, 1.807) is 0 Å². The second kappa shape index (κ2) is 16.6. The molecular formula is C22H22Br2HfSi. The Hall–Kier alpha value is -0.553. The van der Waals surface area contributed by atoms with Crippen molar-refractivity contribution in [3.8, 4) is 0 Å². The van der Waals surface area contributed by atoms with Crippen LogP contribution in [0.3, 0.4) is 0 Å². The van der Waals surface area contributed by atoms with Gasteiger partial charge in [-0.15, -0.1) is 46.8 Å². The summed E-state index contributed by atoms with van der Waals surface area (Å²) < 4.78 is 0. The Kier molecular flexibility index (Phi) is 16.3. The van der Waals surface area contributed by atoms with Crippen molar-refractivity contribution in [3.63, 3.8) is 0 Å². The second-order valence-corrected chi connectivity index (χ2v) is 12.4. The molecule has 2 aliphatic carbocycles. The fourth-order valence-corrected chi connectivity index (χ4v) is 7.03. The zero-order valence-corrected chi connectivity index (χ0v) is 22.5. The summed E-state index contributed by atoms with van der Waals surface area (Å²) >= 11 is 1.27. The van der Waals surface area contributed by atoms with Crippen LogP contribution < -0.4 is 10.4 Å². The number of halogens is 2. The molecule has 0 aromatic heterocycles. The zero-order valence-electron chi connectivity index (χ0n) is 14.5. The molecule has 4 heteroatoms. The van der Waals surface area contributed by atoms with Crippen LogP contribution in [0.5, 0.6) is 0 Å².